The van der Waals surface area contributed by atoms with Crippen molar-refractivity contribution in [1.29, 1.82) is 0 Å². The minimum atomic E-state index is -0.452. The summed E-state index contributed by atoms with van der Waals surface area (Å²) in [6.07, 6.45) is 4.91. The van der Waals surface area contributed by atoms with Crippen LogP contribution in [-0.2, 0) is 9.53 Å². The molecular formula is C27H35FN4O4. The van der Waals surface area contributed by atoms with Crippen LogP contribution in [0.5, 0.6) is 0 Å². The number of benzene rings is 1. The first-order valence-electron chi connectivity index (χ1n) is 13.2. The first-order chi connectivity index (χ1) is 17.4. The summed E-state index contributed by atoms with van der Waals surface area (Å²) in [6, 6.07) is 3.30. The number of hydrogen-bond acceptors (Lipinski definition) is 6. The molecule has 1 aromatic heterocycles. The van der Waals surface area contributed by atoms with E-state index < -0.39 is 17.2 Å². The molecule has 3 heterocycles. The monoisotopic (exact) mass is 498 g/mol. The van der Waals surface area contributed by atoms with Gasteiger partial charge in [0.25, 0.3) is 5.91 Å². The Balaban J connectivity index is 1.49. The largest absolute Gasteiger partial charge is 0.466 e. The zero-order valence-corrected chi connectivity index (χ0v) is 21.2. The van der Waals surface area contributed by atoms with Crippen LogP contribution < -0.4 is 10.3 Å². The summed E-state index contributed by atoms with van der Waals surface area (Å²) < 4.78 is 22.5. The molecule has 2 aromatic rings. The highest BCUT2D eigenvalue weighted by Gasteiger charge is 2.33. The summed E-state index contributed by atoms with van der Waals surface area (Å²) in [5.41, 5.74) is 0.782. The Morgan fingerprint density at radius 1 is 1.06 bits per heavy atom. The van der Waals surface area contributed by atoms with Crippen LogP contribution in [0.15, 0.2) is 23.1 Å². The van der Waals surface area contributed by atoms with E-state index in [0.29, 0.717) is 37.2 Å². The molecule has 0 bridgehead atoms. The van der Waals surface area contributed by atoms with E-state index in [1.807, 2.05) is 9.47 Å². The number of carbonyl (C=O) groups is 2. The number of likely N-dealkylation sites (N-methyl/N-ethyl adjacent to an activating group) is 1. The van der Waals surface area contributed by atoms with Gasteiger partial charge in [-0.3, -0.25) is 14.4 Å². The summed E-state index contributed by atoms with van der Waals surface area (Å²) in [6.45, 7) is 9.08. The van der Waals surface area contributed by atoms with E-state index in [4.69, 9.17) is 4.74 Å². The standard InChI is InChI=1S/C27H35FN4O4/c1-3-29-10-12-30(13-11-29)24-15-23-20(14-22(24)28)25(33)21(17-32(23)19-7-8-19)26(34)31-9-5-6-18(16-31)27(35)36-4-2/h14-15,17-19H,3-13,16H2,1-2H3/t18-/m1/s1. The van der Waals surface area contributed by atoms with Gasteiger partial charge in [0.1, 0.15) is 11.4 Å². The molecule has 3 aliphatic rings. The Morgan fingerprint density at radius 2 is 1.81 bits per heavy atom. The topological polar surface area (TPSA) is 75.1 Å². The fraction of sp³-hybridized carbons (Fsp3) is 0.593. The molecule has 2 aliphatic heterocycles. The van der Waals surface area contributed by atoms with Crippen LogP contribution in [0, 0.1) is 11.7 Å². The molecule has 0 unspecified atom stereocenters. The van der Waals surface area contributed by atoms with Gasteiger partial charge in [-0.1, -0.05) is 6.92 Å². The Hall–Kier alpha value is -2.94. The minimum absolute atomic E-state index is 0.0441. The number of hydrogen-bond donors (Lipinski definition) is 0. The first kappa shape index (κ1) is 24.7. The van der Waals surface area contributed by atoms with Gasteiger partial charge in [0.2, 0.25) is 5.43 Å². The van der Waals surface area contributed by atoms with Gasteiger partial charge in [0.05, 0.1) is 23.7 Å². The Morgan fingerprint density at radius 3 is 2.47 bits per heavy atom. The quantitative estimate of drug-likeness (QED) is 0.570. The third kappa shape index (κ3) is 4.73. The van der Waals surface area contributed by atoms with Gasteiger partial charge in [-0.05, 0) is 51.3 Å². The molecular weight excluding hydrogens is 463 g/mol. The lowest BCUT2D eigenvalue weighted by atomic mass is 9.97. The minimum Gasteiger partial charge on any atom is -0.466 e. The summed E-state index contributed by atoms with van der Waals surface area (Å²) in [7, 11) is 0. The molecule has 1 aromatic carbocycles. The number of fused-ring (bicyclic) bond motifs is 1. The van der Waals surface area contributed by atoms with E-state index in [2.05, 4.69) is 11.8 Å². The predicted octanol–water partition coefficient (Wildman–Crippen LogP) is 3.03. The van der Waals surface area contributed by atoms with Crippen LogP contribution in [0.2, 0.25) is 0 Å². The molecule has 1 saturated carbocycles. The Kier molecular flexibility index (Phi) is 7.01. The number of amides is 1. The van der Waals surface area contributed by atoms with Gasteiger partial charge in [-0.2, -0.15) is 0 Å². The maximum absolute atomic E-state index is 15.4. The molecule has 3 fully saturated rings. The second-order valence-electron chi connectivity index (χ2n) is 10.1. The molecule has 194 valence electrons. The number of nitrogens with zero attached hydrogens (tertiary/aromatic N) is 4. The van der Waals surface area contributed by atoms with E-state index in [1.54, 1.807) is 24.1 Å². The molecule has 0 spiro atoms. The molecule has 1 atom stereocenters. The van der Waals surface area contributed by atoms with Gasteiger partial charge >= 0.3 is 5.97 Å². The van der Waals surface area contributed by atoms with Crippen molar-refractivity contribution in [2.24, 2.45) is 5.92 Å². The maximum atomic E-state index is 15.4. The molecule has 2 saturated heterocycles. The van der Waals surface area contributed by atoms with Crippen LogP contribution in [0.4, 0.5) is 10.1 Å². The van der Waals surface area contributed by atoms with Crippen molar-refractivity contribution in [3.8, 4) is 0 Å². The fourth-order valence-electron chi connectivity index (χ4n) is 5.50. The van der Waals surface area contributed by atoms with Crippen LogP contribution in [-0.4, -0.2) is 78.7 Å². The van der Waals surface area contributed by atoms with Crippen molar-refractivity contribution in [3.63, 3.8) is 0 Å². The number of anilines is 1. The van der Waals surface area contributed by atoms with E-state index in [0.717, 1.165) is 45.6 Å². The van der Waals surface area contributed by atoms with Gasteiger partial charge in [-0.15, -0.1) is 0 Å². The van der Waals surface area contributed by atoms with E-state index in [-0.39, 0.29) is 35.4 Å². The highest BCUT2D eigenvalue weighted by Crippen LogP contribution is 2.38. The molecule has 0 N–H and O–H groups in total. The number of piperazine rings is 1. The molecule has 0 radical (unpaired) electrons. The van der Waals surface area contributed by atoms with Crippen molar-refractivity contribution >= 4 is 28.5 Å². The Bertz CT molecular complexity index is 1220. The van der Waals surface area contributed by atoms with Gasteiger partial charge in [0.15, 0.2) is 0 Å². The van der Waals surface area contributed by atoms with Crippen LogP contribution >= 0.6 is 0 Å². The van der Waals surface area contributed by atoms with E-state index >= 15 is 4.39 Å². The van der Waals surface area contributed by atoms with Crippen LogP contribution in [0.25, 0.3) is 10.9 Å². The number of rotatable bonds is 6. The lowest BCUT2D eigenvalue weighted by Crippen LogP contribution is -2.46. The third-order valence-corrected chi connectivity index (χ3v) is 7.76. The van der Waals surface area contributed by atoms with Crippen molar-refractivity contribution in [2.45, 2.75) is 45.6 Å². The number of likely N-dealkylation sites (tertiary alicyclic amines) is 1. The average Bonchev–Trinajstić information content (AvgIpc) is 3.74. The summed E-state index contributed by atoms with van der Waals surface area (Å²) in [5.74, 6) is -1.53. The highest BCUT2D eigenvalue weighted by atomic mass is 19.1. The van der Waals surface area contributed by atoms with Crippen molar-refractivity contribution < 1.29 is 18.7 Å². The van der Waals surface area contributed by atoms with Gasteiger partial charge in [-0.25, -0.2) is 4.39 Å². The number of pyridine rings is 1. The summed E-state index contributed by atoms with van der Waals surface area (Å²) >= 11 is 0. The van der Waals surface area contributed by atoms with Gasteiger partial charge in [0, 0.05) is 56.9 Å². The maximum Gasteiger partial charge on any atom is 0.310 e. The number of aromatic nitrogens is 1. The first-order valence-corrected chi connectivity index (χ1v) is 13.2. The lowest BCUT2D eigenvalue weighted by Gasteiger charge is -2.35. The molecule has 1 amide bonds. The number of piperidine rings is 1. The van der Waals surface area contributed by atoms with Crippen LogP contribution in [0.1, 0.15) is 55.9 Å². The van der Waals surface area contributed by atoms with Gasteiger partial charge < -0.3 is 24.0 Å². The third-order valence-electron chi connectivity index (χ3n) is 7.76. The zero-order chi connectivity index (χ0) is 25.4. The number of ether oxygens (including phenoxy) is 1. The molecule has 36 heavy (non-hydrogen) atoms. The van der Waals surface area contributed by atoms with E-state index in [9.17, 15) is 14.4 Å². The SMILES string of the molecule is CCOC(=O)[C@@H]1CCCN(C(=O)c2cn(C3CC3)c3cc(N4CCN(CC)CC4)c(F)cc3c2=O)C1. The summed E-state index contributed by atoms with van der Waals surface area (Å²) in [5, 5.41) is 0.236. The smallest absolute Gasteiger partial charge is 0.310 e. The highest BCUT2D eigenvalue weighted by molar-refractivity contribution is 5.98. The second-order valence-corrected chi connectivity index (χ2v) is 10.1. The Labute approximate surface area is 210 Å². The zero-order valence-electron chi connectivity index (χ0n) is 21.2. The molecule has 1 aliphatic carbocycles. The predicted molar refractivity (Wildman–Crippen MR) is 136 cm³/mol. The number of esters is 1. The average molecular weight is 499 g/mol. The van der Waals surface area contributed by atoms with Crippen molar-refractivity contribution in [2.75, 3.05) is 57.3 Å². The second kappa shape index (κ2) is 10.2. The molecule has 5 rings (SSSR count). The molecule has 8 nitrogen and oxygen atoms in total. The normalized spacial score (nSPS) is 21.1. The van der Waals surface area contributed by atoms with Crippen LogP contribution in [0.3, 0.4) is 0 Å². The molecule has 9 heteroatoms. The number of halogens is 1. The summed E-state index contributed by atoms with van der Waals surface area (Å²) in [4.78, 5) is 45.2. The number of carbonyl (C=O) groups excluding carboxylic acids is 2. The van der Waals surface area contributed by atoms with Crippen molar-refractivity contribution in [1.82, 2.24) is 14.4 Å². The lowest BCUT2D eigenvalue weighted by molar-refractivity contribution is -0.149. The van der Waals surface area contributed by atoms with E-state index in [1.165, 1.54) is 6.07 Å². The fourth-order valence-corrected chi connectivity index (χ4v) is 5.50. The van der Waals surface area contributed by atoms with Crippen molar-refractivity contribution in [3.05, 3.63) is 39.9 Å².